The number of halogens is 2. The van der Waals surface area contributed by atoms with Gasteiger partial charge < -0.3 is 4.74 Å². The molecule has 0 amide bonds. The minimum atomic E-state index is 0.0468. The Balaban J connectivity index is 1.80. The van der Waals surface area contributed by atoms with E-state index in [-0.39, 0.29) is 6.04 Å². The zero-order chi connectivity index (χ0) is 18.8. The summed E-state index contributed by atoms with van der Waals surface area (Å²) >= 11 is 9.72. The normalized spacial score (nSPS) is 16.3. The molecule has 1 aliphatic rings. The molecule has 1 aliphatic heterocycles. The topological polar surface area (TPSA) is 24.8 Å². The fraction of sp³-hybridized carbons (Fsp3) is 0.136. The van der Waals surface area contributed by atoms with Crippen molar-refractivity contribution in [3.05, 3.63) is 93.4 Å². The Kier molecular flexibility index (Phi) is 5.19. The highest BCUT2D eigenvalue weighted by Gasteiger charge is 2.32. The molecule has 3 nitrogen and oxygen atoms in total. The molecule has 0 unspecified atom stereocenters. The van der Waals surface area contributed by atoms with Crippen molar-refractivity contribution in [1.29, 1.82) is 0 Å². The fourth-order valence-corrected chi connectivity index (χ4v) is 3.96. The zero-order valence-electron chi connectivity index (χ0n) is 14.8. The fourth-order valence-electron chi connectivity index (χ4n) is 3.37. The molecule has 0 bridgehead atoms. The lowest BCUT2D eigenvalue weighted by molar-refractivity contribution is 0.405. The first kappa shape index (κ1) is 18.1. The number of nitrogens with zero attached hydrogens (tertiary/aromatic N) is 2. The van der Waals surface area contributed by atoms with E-state index in [9.17, 15) is 0 Å². The molecular formula is C22H18BrClN2O. The van der Waals surface area contributed by atoms with Gasteiger partial charge in [0, 0.05) is 21.5 Å². The van der Waals surface area contributed by atoms with Gasteiger partial charge in [-0.25, -0.2) is 0 Å². The van der Waals surface area contributed by atoms with E-state index in [4.69, 9.17) is 21.4 Å². The molecule has 0 saturated heterocycles. The summed E-state index contributed by atoms with van der Waals surface area (Å²) in [5.74, 6) is 0.868. The molecule has 0 fully saturated rings. The highest BCUT2D eigenvalue weighted by atomic mass is 79.9. The van der Waals surface area contributed by atoms with Crippen molar-refractivity contribution in [2.45, 2.75) is 12.5 Å². The van der Waals surface area contributed by atoms with E-state index in [0.717, 1.165) is 44.2 Å². The molecule has 5 heteroatoms. The van der Waals surface area contributed by atoms with Crippen LogP contribution in [0.2, 0.25) is 5.02 Å². The molecule has 0 radical (unpaired) electrons. The first-order valence-electron chi connectivity index (χ1n) is 8.67. The number of hydrogen-bond donors (Lipinski definition) is 0. The van der Waals surface area contributed by atoms with Gasteiger partial charge in [0.25, 0.3) is 0 Å². The van der Waals surface area contributed by atoms with Gasteiger partial charge in [-0.2, -0.15) is 5.10 Å². The first-order chi connectivity index (χ1) is 13.2. The molecule has 1 heterocycles. The second-order valence-electron chi connectivity index (χ2n) is 6.31. The van der Waals surface area contributed by atoms with Crippen molar-refractivity contribution in [3.8, 4) is 5.75 Å². The lowest BCUT2D eigenvalue weighted by atomic mass is 9.97. The van der Waals surface area contributed by atoms with Crippen LogP contribution in [0.15, 0.2) is 82.4 Å². The van der Waals surface area contributed by atoms with Gasteiger partial charge in [0.1, 0.15) is 5.75 Å². The van der Waals surface area contributed by atoms with E-state index < -0.39 is 0 Å². The monoisotopic (exact) mass is 440 g/mol. The molecular weight excluding hydrogens is 424 g/mol. The van der Waals surface area contributed by atoms with Crippen LogP contribution in [0.3, 0.4) is 0 Å². The molecule has 0 aliphatic carbocycles. The zero-order valence-corrected chi connectivity index (χ0v) is 17.1. The van der Waals surface area contributed by atoms with Crippen LogP contribution in [0.25, 0.3) is 0 Å². The number of hydrazone groups is 1. The molecule has 3 aromatic rings. The number of para-hydroxylation sites is 2. The van der Waals surface area contributed by atoms with Crippen molar-refractivity contribution in [1.82, 2.24) is 0 Å². The summed E-state index contributed by atoms with van der Waals surface area (Å²) in [5, 5.41) is 7.77. The summed E-state index contributed by atoms with van der Waals surface area (Å²) in [6.45, 7) is 0. The molecule has 0 aromatic heterocycles. The summed E-state index contributed by atoms with van der Waals surface area (Å²) in [6, 6.07) is 24.1. The molecule has 1 atom stereocenters. The van der Waals surface area contributed by atoms with Gasteiger partial charge in [0.2, 0.25) is 0 Å². The van der Waals surface area contributed by atoms with Crippen LogP contribution in [0.1, 0.15) is 23.6 Å². The standard InChI is InChI=1S/C22H18BrClN2O/c1-27-22-9-5-2-6-17(22)21-14-19(15-10-12-16(24)13-11-15)25-26(21)20-8-4-3-7-18(20)23/h2-13,21H,14H2,1H3/t21-/m0/s1. The largest absolute Gasteiger partial charge is 0.496 e. The second kappa shape index (κ2) is 7.75. The summed E-state index contributed by atoms with van der Waals surface area (Å²) in [4.78, 5) is 0. The van der Waals surface area contributed by atoms with E-state index >= 15 is 0 Å². The van der Waals surface area contributed by atoms with Crippen molar-refractivity contribution >= 4 is 38.9 Å². The Hall–Kier alpha value is -2.30. The minimum absolute atomic E-state index is 0.0468. The van der Waals surface area contributed by atoms with Crippen LogP contribution >= 0.6 is 27.5 Å². The Morgan fingerprint density at radius 1 is 1.00 bits per heavy atom. The number of anilines is 1. The Morgan fingerprint density at radius 2 is 1.70 bits per heavy atom. The second-order valence-corrected chi connectivity index (χ2v) is 7.60. The summed E-state index contributed by atoms with van der Waals surface area (Å²) in [7, 11) is 1.71. The van der Waals surface area contributed by atoms with Gasteiger partial charge in [-0.1, -0.05) is 54.1 Å². The lowest BCUT2D eigenvalue weighted by Gasteiger charge is -2.26. The van der Waals surface area contributed by atoms with Crippen LogP contribution in [-0.2, 0) is 0 Å². The molecule has 4 rings (SSSR count). The van der Waals surface area contributed by atoms with E-state index in [1.165, 1.54) is 0 Å². The predicted molar refractivity (Wildman–Crippen MR) is 115 cm³/mol. The predicted octanol–water partition coefficient (Wildman–Crippen LogP) is 6.47. The number of rotatable bonds is 4. The van der Waals surface area contributed by atoms with Gasteiger partial charge in [-0.15, -0.1) is 0 Å². The maximum atomic E-state index is 6.05. The van der Waals surface area contributed by atoms with Gasteiger partial charge >= 0.3 is 0 Å². The third-order valence-corrected chi connectivity index (χ3v) is 5.61. The maximum absolute atomic E-state index is 6.05. The van der Waals surface area contributed by atoms with Crippen LogP contribution < -0.4 is 9.75 Å². The highest BCUT2D eigenvalue weighted by molar-refractivity contribution is 9.10. The Labute approximate surface area is 172 Å². The summed E-state index contributed by atoms with van der Waals surface area (Å²) in [5.41, 5.74) is 4.24. The lowest BCUT2D eigenvalue weighted by Crippen LogP contribution is -2.19. The number of ether oxygens (including phenoxy) is 1. The van der Waals surface area contributed by atoms with Gasteiger partial charge in [0.15, 0.2) is 0 Å². The van der Waals surface area contributed by atoms with Crippen LogP contribution in [0, 0.1) is 0 Å². The molecule has 0 N–H and O–H groups in total. The summed E-state index contributed by atoms with van der Waals surface area (Å²) < 4.78 is 6.63. The quantitative estimate of drug-likeness (QED) is 0.464. The average Bonchev–Trinajstić information content (AvgIpc) is 3.13. The molecule has 0 saturated carbocycles. The van der Waals surface area contributed by atoms with Crippen LogP contribution in [0.4, 0.5) is 5.69 Å². The maximum Gasteiger partial charge on any atom is 0.124 e. The SMILES string of the molecule is COc1ccccc1[C@@H]1CC(c2ccc(Cl)cc2)=NN1c1ccccc1Br. The van der Waals surface area contributed by atoms with Gasteiger partial charge in [-0.3, -0.25) is 5.01 Å². The minimum Gasteiger partial charge on any atom is -0.496 e. The van der Waals surface area contributed by atoms with E-state index in [2.05, 4.69) is 33.1 Å². The van der Waals surface area contributed by atoms with Crippen molar-refractivity contribution in [3.63, 3.8) is 0 Å². The van der Waals surface area contributed by atoms with E-state index in [0.29, 0.717) is 0 Å². The summed E-state index contributed by atoms with van der Waals surface area (Å²) in [6.07, 6.45) is 0.781. The number of hydrogen-bond acceptors (Lipinski definition) is 3. The first-order valence-corrected chi connectivity index (χ1v) is 9.84. The third kappa shape index (κ3) is 3.60. The van der Waals surface area contributed by atoms with E-state index in [1.807, 2.05) is 60.7 Å². The Morgan fingerprint density at radius 3 is 2.44 bits per heavy atom. The Bertz CT molecular complexity index is 988. The van der Waals surface area contributed by atoms with Crippen LogP contribution in [-0.4, -0.2) is 12.8 Å². The highest BCUT2D eigenvalue weighted by Crippen LogP contribution is 2.42. The van der Waals surface area contributed by atoms with Gasteiger partial charge in [-0.05, 0) is 51.8 Å². The smallest absolute Gasteiger partial charge is 0.124 e. The number of benzene rings is 3. The number of methoxy groups -OCH3 is 1. The van der Waals surface area contributed by atoms with Crippen molar-refractivity contribution in [2.75, 3.05) is 12.1 Å². The van der Waals surface area contributed by atoms with E-state index in [1.54, 1.807) is 7.11 Å². The molecule has 3 aromatic carbocycles. The molecule has 27 heavy (non-hydrogen) atoms. The van der Waals surface area contributed by atoms with Gasteiger partial charge in [0.05, 0.1) is 24.6 Å². The van der Waals surface area contributed by atoms with Crippen LogP contribution in [0.5, 0.6) is 5.75 Å². The molecule has 0 spiro atoms. The molecule has 136 valence electrons. The third-order valence-electron chi connectivity index (χ3n) is 4.69. The average molecular weight is 442 g/mol. The van der Waals surface area contributed by atoms with Crippen molar-refractivity contribution in [2.24, 2.45) is 5.10 Å². The van der Waals surface area contributed by atoms with Crippen molar-refractivity contribution < 1.29 is 4.74 Å².